The molecular formula is C19H9F8NO2. The van der Waals surface area contributed by atoms with Crippen molar-refractivity contribution in [3.8, 4) is 29.2 Å². The van der Waals surface area contributed by atoms with Crippen LogP contribution >= 0.6 is 0 Å². The number of hydrogen-bond donors (Lipinski definition) is 0. The molecule has 0 unspecified atom stereocenters. The van der Waals surface area contributed by atoms with Gasteiger partial charge in [0, 0.05) is 11.6 Å². The van der Waals surface area contributed by atoms with Gasteiger partial charge in [0.15, 0.2) is 29.0 Å². The Morgan fingerprint density at radius 1 is 0.967 bits per heavy atom. The fourth-order valence-corrected chi connectivity index (χ4v) is 2.87. The van der Waals surface area contributed by atoms with Crippen LogP contribution in [0, 0.1) is 47.2 Å². The van der Waals surface area contributed by atoms with E-state index in [1.807, 2.05) is 5.92 Å². The third-order valence-electron chi connectivity index (χ3n) is 4.37. The van der Waals surface area contributed by atoms with E-state index in [-0.39, 0.29) is 6.07 Å². The number of rotatable bonds is 2. The Labute approximate surface area is 163 Å². The van der Waals surface area contributed by atoms with Crippen LogP contribution < -0.4 is 9.64 Å². The molecule has 3 rings (SSSR count). The van der Waals surface area contributed by atoms with E-state index >= 15 is 0 Å². The van der Waals surface area contributed by atoms with E-state index in [1.165, 1.54) is 0 Å². The van der Waals surface area contributed by atoms with Crippen molar-refractivity contribution in [3.63, 3.8) is 0 Å². The molecule has 0 spiro atoms. The molecule has 1 aliphatic rings. The highest BCUT2D eigenvalue weighted by atomic mass is 19.3. The van der Waals surface area contributed by atoms with Gasteiger partial charge in [-0.25, -0.2) is 26.3 Å². The third kappa shape index (κ3) is 2.94. The Bertz CT molecular complexity index is 1110. The number of alkyl halides is 2. The van der Waals surface area contributed by atoms with E-state index in [0.717, 1.165) is 13.8 Å². The van der Waals surface area contributed by atoms with E-state index in [2.05, 4.69) is 4.74 Å². The van der Waals surface area contributed by atoms with Crippen molar-refractivity contribution >= 4 is 11.6 Å². The van der Waals surface area contributed by atoms with E-state index in [4.69, 9.17) is 6.42 Å². The Morgan fingerprint density at radius 3 is 1.97 bits per heavy atom. The highest BCUT2D eigenvalue weighted by molar-refractivity contribution is 6.03. The molecule has 0 radical (unpaired) electrons. The average molecular weight is 435 g/mol. The molecule has 0 aliphatic carbocycles. The van der Waals surface area contributed by atoms with Crippen LogP contribution in [0.25, 0.3) is 11.1 Å². The summed E-state index contributed by atoms with van der Waals surface area (Å²) in [6.45, 7) is 2.30. The zero-order chi connectivity index (χ0) is 22.8. The fourth-order valence-electron chi connectivity index (χ4n) is 2.87. The zero-order valence-corrected chi connectivity index (χ0v) is 15.0. The summed E-state index contributed by atoms with van der Waals surface area (Å²) in [6, 6.07) is 0.665. The molecule has 0 fully saturated rings. The van der Waals surface area contributed by atoms with E-state index in [9.17, 15) is 39.9 Å². The Kier molecular flexibility index (Phi) is 4.72. The summed E-state index contributed by atoms with van der Waals surface area (Å²) in [5, 5.41) is 0. The number of carbonyl (C=O) groups excluding carboxylic acids is 1. The fraction of sp³-hybridized carbons (Fsp3) is 0.211. The lowest BCUT2D eigenvalue weighted by molar-refractivity contribution is -0.193. The minimum absolute atomic E-state index is 0.225. The van der Waals surface area contributed by atoms with Crippen molar-refractivity contribution in [1.29, 1.82) is 0 Å². The second kappa shape index (κ2) is 6.62. The molecule has 11 heteroatoms. The molecule has 0 N–H and O–H groups in total. The molecule has 0 atom stereocenters. The number of carbonyl (C=O) groups is 1. The number of anilines is 1. The number of ether oxygens (including phenoxy) is 1. The van der Waals surface area contributed by atoms with Crippen molar-refractivity contribution in [2.75, 3.05) is 4.90 Å². The van der Waals surface area contributed by atoms with Crippen LogP contribution in [-0.4, -0.2) is 17.6 Å². The van der Waals surface area contributed by atoms with Gasteiger partial charge in [0.2, 0.25) is 5.82 Å². The molecule has 1 heterocycles. The highest BCUT2D eigenvalue weighted by Gasteiger charge is 2.54. The maximum Gasteiger partial charge on any atom is 0.483 e. The van der Waals surface area contributed by atoms with Gasteiger partial charge < -0.3 is 4.74 Å². The summed E-state index contributed by atoms with van der Waals surface area (Å²) in [6.07, 6.45) is 0.806. The summed E-state index contributed by atoms with van der Waals surface area (Å²) in [7, 11) is 0. The molecule has 2 aromatic carbocycles. The lowest BCUT2D eigenvalue weighted by Gasteiger charge is -2.40. The normalized spacial score (nSPS) is 15.5. The number of amides is 1. The highest BCUT2D eigenvalue weighted by Crippen LogP contribution is 2.46. The van der Waals surface area contributed by atoms with Gasteiger partial charge >= 0.3 is 12.0 Å². The third-order valence-corrected chi connectivity index (χ3v) is 4.37. The second-order valence-corrected chi connectivity index (χ2v) is 6.71. The monoisotopic (exact) mass is 435 g/mol. The van der Waals surface area contributed by atoms with Gasteiger partial charge in [-0.05, 0) is 19.9 Å². The Morgan fingerprint density at radius 2 is 1.47 bits per heavy atom. The minimum Gasteiger partial charge on any atom is -0.423 e. The van der Waals surface area contributed by atoms with E-state index in [0.29, 0.717) is 11.0 Å². The van der Waals surface area contributed by atoms with Gasteiger partial charge in [0.05, 0.1) is 11.3 Å². The molecule has 0 saturated carbocycles. The maximum absolute atomic E-state index is 14.5. The lowest BCUT2D eigenvalue weighted by atomic mass is 9.97. The first kappa shape index (κ1) is 21.4. The Hall–Kier alpha value is -3.29. The van der Waals surface area contributed by atoms with Crippen LogP contribution in [-0.2, 0) is 4.79 Å². The molecule has 0 saturated heterocycles. The summed E-state index contributed by atoms with van der Waals surface area (Å²) in [5.74, 6) is -14.4. The second-order valence-electron chi connectivity index (χ2n) is 6.71. The van der Waals surface area contributed by atoms with Crippen molar-refractivity contribution in [2.45, 2.75) is 25.5 Å². The number of hydrogen-bond acceptors (Lipinski definition) is 2. The largest absolute Gasteiger partial charge is 0.483 e. The Balaban J connectivity index is 2.38. The van der Waals surface area contributed by atoms with Gasteiger partial charge in [0.1, 0.15) is 11.4 Å². The maximum atomic E-state index is 14.5. The smallest absolute Gasteiger partial charge is 0.423 e. The summed E-state index contributed by atoms with van der Waals surface area (Å²) >= 11 is 0. The lowest BCUT2D eigenvalue weighted by Crippen LogP contribution is -2.58. The van der Waals surface area contributed by atoms with Crippen LogP contribution in [0.4, 0.5) is 40.8 Å². The molecule has 30 heavy (non-hydrogen) atoms. The molecule has 0 bridgehead atoms. The standard InChI is InChI=1S/C19H9F8NO2/c1-4-18(2,3)28-9-5-7(8(20)6-10(9)30-19(26,27)17(28)29)11-12(21)14(23)16(25)15(24)13(11)22/h1,5-6H,2-3H3. The van der Waals surface area contributed by atoms with Gasteiger partial charge in [0.25, 0.3) is 0 Å². The zero-order valence-electron chi connectivity index (χ0n) is 15.0. The van der Waals surface area contributed by atoms with Crippen molar-refractivity contribution in [1.82, 2.24) is 0 Å². The number of benzene rings is 2. The van der Waals surface area contributed by atoms with Gasteiger partial charge in [-0.15, -0.1) is 6.42 Å². The number of fused-ring (bicyclic) bond motifs is 1. The van der Waals surface area contributed by atoms with Crippen LogP contribution in [0.15, 0.2) is 12.1 Å². The predicted molar refractivity (Wildman–Crippen MR) is 87.6 cm³/mol. The topological polar surface area (TPSA) is 29.5 Å². The van der Waals surface area contributed by atoms with Crippen LogP contribution in [0.1, 0.15) is 13.8 Å². The molecule has 1 aliphatic heterocycles. The summed E-state index contributed by atoms with van der Waals surface area (Å²) in [5.41, 5.74) is -5.28. The molecule has 0 aromatic heterocycles. The van der Waals surface area contributed by atoms with Crippen LogP contribution in [0.5, 0.6) is 5.75 Å². The summed E-state index contributed by atoms with van der Waals surface area (Å²) < 4.78 is 115. The first-order valence-electron chi connectivity index (χ1n) is 7.99. The van der Waals surface area contributed by atoms with Crippen molar-refractivity contribution in [3.05, 3.63) is 47.0 Å². The first-order chi connectivity index (χ1) is 13.7. The van der Waals surface area contributed by atoms with E-state index < -0.39 is 75.0 Å². The van der Waals surface area contributed by atoms with Crippen LogP contribution in [0.2, 0.25) is 0 Å². The summed E-state index contributed by atoms with van der Waals surface area (Å²) in [4.78, 5) is 12.5. The molecule has 1 amide bonds. The van der Waals surface area contributed by atoms with Crippen LogP contribution in [0.3, 0.4) is 0 Å². The molecule has 158 valence electrons. The van der Waals surface area contributed by atoms with E-state index in [1.54, 1.807) is 0 Å². The van der Waals surface area contributed by atoms with Crippen molar-refractivity contribution < 1.29 is 44.7 Å². The minimum atomic E-state index is -4.46. The number of terminal acetylenes is 1. The number of halogens is 8. The SMILES string of the molecule is C#CC(C)(C)N1C(=O)C(F)(F)Oc2cc(F)c(-c3c(F)c(F)c(F)c(F)c3F)cc21. The first-order valence-corrected chi connectivity index (χ1v) is 7.99. The quantitative estimate of drug-likeness (QED) is 0.290. The van der Waals surface area contributed by atoms with Gasteiger partial charge in [-0.1, -0.05) is 5.92 Å². The average Bonchev–Trinajstić information content (AvgIpc) is 2.66. The van der Waals surface area contributed by atoms with Gasteiger partial charge in [-0.2, -0.15) is 8.78 Å². The molecule has 3 nitrogen and oxygen atoms in total. The van der Waals surface area contributed by atoms with Gasteiger partial charge in [-0.3, -0.25) is 9.69 Å². The number of nitrogens with zero attached hydrogens (tertiary/aromatic N) is 1. The van der Waals surface area contributed by atoms with Crippen molar-refractivity contribution in [2.24, 2.45) is 0 Å². The molecular weight excluding hydrogens is 426 g/mol. The molecule has 2 aromatic rings. The predicted octanol–water partition coefficient (Wildman–Crippen LogP) is 4.92.